The van der Waals surface area contributed by atoms with E-state index in [0.29, 0.717) is 5.92 Å². The lowest BCUT2D eigenvalue weighted by Crippen LogP contribution is -1.94. The van der Waals surface area contributed by atoms with Crippen molar-refractivity contribution in [2.45, 2.75) is 33.1 Å². The van der Waals surface area contributed by atoms with E-state index in [1.165, 1.54) is 22.0 Å². The molecule has 74 valence electrons. The summed E-state index contributed by atoms with van der Waals surface area (Å²) >= 11 is 0. The largest absolute Gasteiger partial charge is 0.361 e. The van der Waals surface area contributed by atoms with Gasteiger partial charge in [0.15, 0.2) is 0 Å². The molecule has 0 unspecified atom stereocenters. The normalized spacial score (nSPS) is 11.4. The van der Waals surface area contributed by atoms with Crippen molar-refractivity contribution in [1.29, 1.82) is 0 Å². The van der Waals surface area contributed by atoms with Crippen LogP contribution in [0.4, 0.5) is 0 Å². The molecule has 14 heavy (non-hydrogen) atoms. The van der Waals surface area contributed by atoms with E-state index in [0.717, 1.165) is 6.42 Å². The summed E-state index contributed by atoms with van der Waals surface area (Å²) in [6, 6.07) is 6.73. The molecule has 1 N–H and O–H groups in total. The summed E-state index contributed by atoms with van der Waals surface area (Å²) < 4.78 is 0. The van der Waals surface area contributed by atoms with E-state index >= 15 is 0 Å². The molecule has 0 atom stereocenters. The van der Waals surface area contributed by atoms with Gasteiger partial charge in [0.1, 0.15) is 0 Å². The lowest BCUT2D eigenvalue weighted by atomic mass is 9.94. The maximum atomic E-state index is 3.27. The summed E-state index contributed by atoms with van der Waals surface area (Å²) in [5, 5.41) is 1.33. The van der Waals surface area contributed by atoms with Crippen LogP contribution in [0.25, 0.3) is 10.9 Å². The first-order valence-corrected chi connectivity index (χ1v) is 5.32. The minimum atomic E-state index is 0.609. The SMILES string of the molecule is CCc1cc2cc[nH]c2cc1C(C)C. The molecule has 0 saturated carbocycles. The summed E-state index contributed by atoms with van der Waals surface area (Å²) in [4.78, 5) is 3.27. The number of benzene rings is 1. The maximum Gasteiger partial charge on any atom is 0.0456 e. The third kappa shape index (κ3) is 1.43. The molecule has 0 aliphatic carbocycles. The zero-order valence-electron chi connectivity index (χ0n) is 9.09. The predicted molar refractivity (Wildman–Crippen MR) is 61.8 cm³/mol. The van der Waals surface area contributed by atoms with Crippen LogP contribution in [0.2, 0.25) is 0 Å². The third-order valence-corrected chi connectivity index (χ3v) is 2.82. The van der Waals surface area contributed by atoms with Gasteiger partial charge in [-0.2, -0.15) is 0 Å². The number of hydrogen-bond acceptors (Lipinski definition) is 0. The third-order valence-electron chi connectivity index (χ3n) is 2.82. The Kier molecular flexibility index (Phi) is 2.32. The molecule has 0 bridgehead atoms. The first-order chi connectivity index (χ1) is 6.72. The Labute approximate surface area is 85.1 Å². The van der Waals surface area contributed by atoms with Gasteiger partial charge in [-0.3, -0.25) is 0 Å². The molecule has 2 aromatic rings. The fourth-order valence-corrected chi connectivity index (χ4v) is 2.01. The van der Waals surface area contributed by atoms with Crippen molar-refractivity contribution in [2.75, 3.05) is 0 Å². The van der Waals surface area contributed by atoms with Gasteiger partial charge in [0.05, 0.1) is 0 Å². The van der Waals surface area contributed by atoms with Crippen molar-refractivity contribution in [3.05, 3.63) is 35.5 Å². The number of aromatic amines is 1. The number of nitrogens with one attached hydrogen (secondary N) is 1. The molecule has 1 nitrogen and oxygen atoms in total. The summed E-state index contributed by atoms with van der Waals surface area (Å²) in [5.41, 5.74) is 4.21. The molecule has 0 fully saturated rings. The number of H-pyrrole nitrogens is 1. The van der Waals surface area contributed by atoms with Gasteiger partial charge in [-0.1, -0.05) is 20.8 Å². The van der Waals surface area contributed by atoms with E-state index in [4.69, 9.17) is 0 Å². The van der Waals surface area contributed by atoms with Crippen molar-refractivity contribution < 1.29 is 0 Å². The van der Waals surface area contributed by atoms with Crippen LogP contribution in [-0.2, 0) is 6.42 Å². The Hall–Kier alpha value is -1.24. The van der Waals surface area contributed by atoms with Crippen molar-refractivity contribution in [3.8, 4) is 0 Å². The molecule has 2 rings (SSSR count). The van der Waals surface area contributed by atoms with Gasteiger partial charge in [0.25, 0.3) is 0 Å². The maximum absolute atomic E-state index is 3.27. The Balaban J connectivity index is 2.66. The fraction of sp³-hybridized carbons (Fsp3) is 0.385. The summed E-state index contributed by atoms with van der Waals surface area (Å²) in [6.45, 7) is 6.73. The van der Waals surface area contributed by atoms with Gasteiger partial charge in [-0.05, 0) is 47.1 Å². The first kappa shape index (κ1) is 9.32. The number of aryl methyl sites for hydroxylation is 1. The van der Waals surface area contributed by atoms with E-state index in [9.17, 15) is 0 Å². The van der Waals surface area contributed by atoms with Crippen LogP contribution in [0.15, 0.2) is 24.4 Å². The van der Waals surface area contributed by atoms with Gasteiger partial charge in [0.2, 0.25) is 0 Å². The van der Waals surface area contributed by atoms with Crippen LogP contribution in [0.3, 0.4) is 0 Å². The molecular weight excluding hydrogens is 170 g/mol. The number of aromatic nitrogens is 1. The highest BCUT2D eigenvalue weighted by Gasteiger charge is 2.07. The van der Waals surface area contributed by atoms with Gasteiger partial charge < -0.3 is 4.98 Å². The van der Waals surface area contributed by atoms with Crippen LogP contribution < -0.4 is 0 Å². The zero-order valence-corrected chi connectivity index (χ0v) is 9.09. The van der Waals surface area contributed by atoms with E-state index in [2.05, 4.69) is 44.0 Å². The average molecular weight is 187 g/mol. The van der Waals surface area contributed by atoms with Crippen molar-refractivity contribution >= 4 is 10.9 Å². The highest BCUT2D eigenvalue weighted by molar-refractivity contribution is 5.81. The summed E-state index contributed by atoms with van der Waals surface area (Å²) in [7, 11) is 0. The Morgan fingerprint density at radius 2 is 2.07 bits per heavy atom. The van der Waals surface area contributed by atoms with Gasteiger partial charge >= 0.3 is 0 Å². The molecule has 1 aromatic carbocycles. The molecule has 0 aliphatic heterocycles. The lowest BCUT2D eigenvalue weighted by Gasteiger charge is -2.11. The monoisotopic (exact) mass is 187 g/mol. The molecule has 0 saturated heterocycles. The van der Waals surface area contributed by atoms with E-state index in [1.807, 2.05) is 6.20 Å². The molecule has 1 heteroatoms. The molecule has 1 aromatic heterocycles. The van der Waals surface area contributed by atoms with Gasteiger partial charge in [-0.25, -0.2) is 0 Å². The van der Waals surface area contributed by atoms with Crippen LogP contribution >= 0.6 is 0 Å². The first-order valence-electron chi connectivity index (χ1n) is 5.32. The summed E-state index contributed by atoms with van der Waals surface area (Å²) in [5.74, 6) is 0.609. The van der Waals surface area contributed by atoms with Crippen molar-refractivity contribution in [2.24, 2.45) is 0 Å². The van der Waals surface area contributed by atoms with Crippen molar-refractivity contribution in [1.82, 2.24) is 4.98 Å². The topological polar surface area (TPSA) is 15.8 Å². The minimum absolute atomic E-state index is 0.609. The smallest absolute Gasteiger partial charge is 0.0456 e. The molecule has 1 heterocycles. The Morgan fingerprint density at radius 1 is 1.29 bits per heavy atom. The second-order valence-corrected chi connectivity index (χ2v) is 4.12. The highest BCUT2D eigenvalue weighted by Crippen LogP contribution is 2.25. The second kappa shape index (κ2) is 3.49. The number of fused-ring (bicyclic) bond motifs is 1. The molecule has 0 spiro atoms. The quantitative estimate of drug-likeness (QED) is 0.735. The molecule has 0 radical (unpaired) electrons. The number of hydrogen-bond donors (Lipinski definition) is 1. The zero-order chi connectivity index (χ0) is 10.1. The van der Waals surface area contributed by atoms with Crippen LogP contribution in [0, 0.1) is 0 Å². The van der Waals surface area contributed by atoms with Crippen LogP contribution in [0.1, 0.15) is 37.8 Å². The molecule has 0 aliphatic rings. The van der Waals surface area contributed by atoms with Crippen LogP contribution in [-0.4, -0.2) is 4.98 Å². The van der Waals surface area contributed by atoms with Crippen LogP contribution in [0.5, 0.6) is 0 Å². The van der Waals surface area contributed by atoms with Crippen molar-refractivity contribution in [3.63, 3.8) is 0 Å². The second-order valence-electron chi connectivity index (χ2n) is 4.12. The average Bonchev–Trinajstić information content (AvgIpc) is 2.62. The van der Waals surface area contributed by atoms with Gasteiger partial charge in [-0.15, -0.1) is 0 Å². The highest BCUT2D eigenvalue weighted by atomic mass is 14.7. The number of rotatable bonds is 2. The Morgan fingerprint density at radius 3 is 2.71 bits per heavy atom. The minimum Gasteiger partial charge on any atom is -0.361 e. The van der Waals surface area contributed by atoms with E-state index in [1.54, 1.807) is 0 Å². The van der Waals surface area contributed by atoms with E-state index in [-0.39, 0.29) is 0 Å². The summed E-state index contributed by atoms with van der Waals surface area (Å²) in [6.07, 6.45) is 3.13. The molecule has 0 amide bonds. The lowest BCUT2D eigenvalue weighted by molar-refractivity contribution is 0.846. The Bertz CT molecular complexity index is 437. The standard InChI is InChI=1S/C13H17N/c1-4-10-7-11-5-6-14-13(11)8-12(10)9(2)3/h5-9,14H,4H2,1-3H3. The van der Waals surface area contributed by atoms with Gasteiger partial charge in [0, 0.05) is 11.7 Å². The van der Waals surface area contributed by atoms with E-state index < -0.39 is 0 Å². The fourth-order valence-electron chi connectivity index (χ4n) is 2.01. The molecular formula is C13H17N. The predicted octanol–water partition coefficient (Wildman–Crippen LogP) is 3.85.